The van der Waals surface area contributed by atoms with Gasteiger partial charge in [-0.2, -0.15) is 0 Å². The summed E-state index contributed by atoms with van der Waals surface area (Å²) < 4.78 is 24.2. The molecule has 0 aromatic heterocycles. The SMILES string of the molecule is CC(C)[C@H](NC(=O)c1ccc(Br)cc1)C(=O)N(C)[C@@H]1CCS(=O)(=O)C1. The molecule has 2 amide bonds. The van der Waals surface area contributed by atoms with Crippen LogP contribution in [0, 0.1) is 5.92 Å². The number of halogens is 1. The predicted molar refractivity (Wildman–Crippen MR) is 100 cm³/mol. The van der Waals surface area contributed by atoms with Gasteiger partial charge in [0.2, 0.25) is 5.91 Å². The molecular weight excluding hydrogens is 408 g/mol. The van der Waals surface area contributed by atoms with Crippen LogP contribution in [0.15, 0.2) is 28.7 Å². The van der Waals surface area contributed by atoms with E-state index in [4.69, 9.17) is 0 Å². The molecule has 2 rings (SSSR count). The van der Waals surface area contributed by atoms with E-state index in [2.05, 4.69) is 21.2 Å². The number of likely N-dealkylation sites (N-methyl/N-ethyl adjacent to an activating group) is 1. The van der Waals surface area contributed by atoms with Crippen LogP contribution in [-0.4, -0.2) is 55.8 Å². The van der Waals surface area contributed by atoms with Crippen molar-refractivity contribution in [1.82, 2.24) is 10.2 Å². The Balaban J connectivity index is 2.10. The first-order valence-electron chi connectivity index (χ1n) is 8.14. The lowest BCUT2D eigenvalue weighted by molar-refractivity contribution is -0.134. The molecule has 1 aromatic carbocycles. The van der Waals surface area contributed by atoms with Gasteiger partial charge in [0.25, 0.3) is 5.91 Å². The summed E-state index contributed by atoms with van der Waals surface area (Å²) in [6, 6.07) is 5.84. The fourth-order valence-corrected chi connectivity index (χ4v) is 4.86. The van der Waals surface area contributed by atoms with Crippen molar-refractivity contribution in [2.75, 3.05) is 18.6 Å². The van der Waals surface area contributed by atoms with Gasteiger partial charge >= 0.3 is 0 Å². The third-order valence-electron chi connectivity index (χ3n) is 4.43. The largest absolute Gasteiger partial charge is 0.340 e. The van der Waals surface area contributed by atoms with E-state index in [0.29, 0.717) is 12.0 Å². The number of amides is 2. The van der Waals surface area contributed by atoms with E-state index < -0.39 is 15.9 Å². The normalized spacial score (nSPS) is 20.3. The third-order valence-corrected chi connectivity index (χ3v) is 6.71. The average Bonchev–Trinajstić information content (AvgIpc) is 2.91. The number of benzene rings is 1. The first kappa shape index (κ1) is 19.9. The molecule has 1 aliphatic heterocycles. The fourth-order valence-electron chi connectivity index (χ4n) is 2.82. The van der Waals surface area contributed by atoms with Crippen LogP contribution in [0.25, 0.3) is 0 Å². The summed E-state index contributed by atoms with van der Waals surface area (Å²) >= 11 is 3.32. The molecule has 0 spiro atoms. The van der Waals surface area contributed by atoms with E-state index >= 15 is 0 Å². The van der Waals surface area contributed by atoms with Gasteiger partial charge in [0, 0.05) is 23.1 Å². The molecule has 6 nitrogen and oxygen atoms in total. The smallest absolute Gasteiger partial charge is 0.251 e. The molecule has 1 heterocycles. The topological polar surface area (TPSA) is 83.6 Å². The number of hydrogen-bond donors (Lipinski definition) is 1. The minimum absolute atomic E-state index is 0.0132. The molecule has 1 saturated heterocycles. The summed E-state index contributed by atoms with van der Waals surface area (Å²) in [6.07, 6.45) is 0.441. The minimum atomic E-state index is -3.08. The molecule has 1 N–H and O–H groups in total. The van der Waals surface area contributed by atoms with Crippen LogP contribution in [0.3, 0.4) is 0 Å². The van der Waals surface area contributed by atoms with E-state index in [9.17, 15) is 18.0 Å². The highest BCUT2D eigenvalue weighted by atomic mass is 79.9. The van der Waals surface area contributed by atoms with Crippen LogP contribution in [0.5, 0.6) is 0 Å². The van der Waals surface area contributed by atoms with Gasteiger partial charge in [-0.05, 0) is 36.6 Å². The highest BCUT2D eigenvalue weighted by Crippen LogP contribution is 2.19. The summed E-state index contributed by atoms with van der Waals surface area (Å²) in [5.74, 6) is -0.616. The number of carbonyl (C=O) groups excluding carboxylic acids is 2. The third kappa shape index (κ3) is 5.04. The highest BCUT2D eigenvalue weighted by molar-refractivity contribution is 9.10. The lowest BCUT2D eigenvalue weighted by atomic mass is 10.0. The molecule has 1 fully saturated rings. The van der Waals surface area contributed by atoms with Crippen molar-refractivity contribution in [3.63, 3.8) is 0 Å². The summed E-state index contributed by atoms with van der Waals surface area (Å²) in [6.45, 7) is 3.70. The van der Waals surface area contributed by atoms with Gasteiger partial charge in [-0.15, -0.1) is 0 Å². The monoisotopic (exact) mass is 430 g/mol. The number of hydrogen-bond acceptors (Lipinski definition) is 4. The lowest BCUT2D eigenvalue weighted by Crippen LogP contribution is -2.52. The van der Waals surface area contributed by atoms with Crippen molar-refractivity contribution in [1.29, 1.82) is 0 Å². The first-order valence-corrected chi connectivity index (χ1v) is 10.8. The Morgan fingerprint density at radius 3 is 2.32 bits per heavy atom. The van der Waals surface area contributed by atoms with Crippen LogP contribution in [0.4, 0.5) is 0 Å². The van der Waals surface area contributed by atoms with Gasteiger partial charge in [0.1, 0.15) is 6.04 Å². The Kier molecular flexibility index (Phi) is 6.26. The van der Waals surface area contributed by atoms with Gasteiger partial charge in [-0.25, -0.2) is 8.42 Å². The van der Waals surface area contributed by atoms with Gasteiger partial charge in [0.15, 0.2) is 9.84 Å². The van der Waals surface area contributed by atoms with Gasteiger partial charge in [-0.1, -0.05) is 29.8 Å². The minimum Gasteiger partial charge on any atom is -0.340 e. The van der Waals surface area contributed by atoms with Crippen molar-refractivity contribution in [3.05, 3.63) is 34.3 Å². The molecule has 0 saturated carbocycles. The van der Waals surface area contributed by atoms with Crippen LogP contribution in [0.1, 0.15) is 30.6 Å². The van der Waals surface area contributed by atoms with E-state index in [-0.39, 0.29) is 35.3 Å². The second-order valence-corrected chi connectivity index (χ2v) is 9.85. The Morgan fingerprint density at radius 2 is 1.84 bits per heavy atom. The molecule has 0 radical (unpaired) electrons. The average molecular weight is 431 g/mol. The Bertz CT molecular complexity index is 746. The maximum absolute atomic E-state index is 12.8. The summed E-state index contributed by atoms with van der Waals surface area (Å²) in [7, 11) is -1.47. The maximum Gasteiger partial charge on any atom is 0.251 e. The molecule has 0 bridgehead atoms. The second kappa shape index (κ2) is 7.86. The molecule has 0 aliphatic carbocycles. The van der Waals surface area contributed by atoms with Crippen LogP contribution >= 0.6 is 15.9 Å². The molecule has 0 unspecified atom stereocenters. The Hall–Kier alpha value is -1.41. The Labute approximate surface area is 157 Å². The molecule has 138 valence electrons. The highest BCUT2D eigenvalue weighted by Gasteiger charge is 2.36. The molecule has 1 aliphatic rings. The molecule has 2 atom stereocenters. The van der Waals surface area contributed by atoms with E-state index in [1.54, 1.807) is 31.3 Å². The van der Waals surface area contributed by atoms with Crippen molar-refractivity contribution in [2.45, 2.75) is 32.4 Å². The summed E-state index contributed by atoms with van der Waals surface area (Å²) in [5, 5.41) is 2.78. The molecular formula is C17H23BrN2O4S. The summed E-state index contributed by atoms with van der Waals surface area (Å²) in [4.78, 5) is 26.7. The van der Waals surface area contributed by atoms with Gasteiger partial charge in [-0.3, -0.25) is 9.59 Å². The van der Waals surface area contributed by atoms with E-state index in [0.717, 1.165) is 4.47 Å². The number of nitrogens with zero attached hydrogens (tertiary/aromatic N) is 1. The van der Waals surface area contributed by atoms with Crippen molar-refractivity contribution in [3.8, 4) is 0 Å². The van der Waals surface area contributed by atoms with Crippen molar-refractivity contribution < 1.29 is 18.0 Å². The summed E-state index contributed by atoms with van der Waals surface area (Å²) in [5.41, 5.74) is 0.466. The van der Waals surface area contributed by atoms with Gasteiger partial charge in [0.05, 0.1) is 11.5 Å². The van der Waals surface area contributed by atoms with Crippen LogP contribution in [0.2, 0.25) is 0 Å². The Morgan fingerprint density at radius 1 is 1.24 bits per heavy atom. The first-order chi connectivity index (χ1) is 11.6. The molecule has 25 heavy (non-hydrogen) atoms. The number of carbonyl (C=O) groups is 2. The van der Waals surface area contributed by atoms with Crippen molar-refractivity contribution >= 4 is 37.6 Å². The number of nitrogens with one attached hydrogen (secondary N) is 1. The molecule has 1 aromatic rings. The van der Waals surface area contributed by atoms with Crippen LogP contribution < -0.4 is 5.32 Å². The zero-order chi connectivity index (χ0) is 18.8. The standard InChI is InChI=1S/C17H23BrN2O4S/c1-11(2)15(19-16(21)12-4-6-13(18)7-5-12)17(22)20(3)14-8-9-25(23,24)10-14/h4-7,11,14-15H,8-10H2,1-3H3,(H,19,21)/t14-,15+/m1/s1. The van der Waals surface area contributed by atoms with E-state index in [1.165, 1.54) is 4.90 Å². The number of rotatable bonds is 5. The fraction of sp³-hybridized carbons (Fsp3) is 0.529. The predicted octanol–water partition coefficient (Wildman–Crippen LogP) is 1.85. The zero-order valence-corrected chi connectivity index (χ0v) is 16.9. The van der Waals surface area contributed by atoms with Crippen molar-refractivity contribution in [2.24, 2.45) is 5.92 Å². The van der Waals surface area contributed by atoms with E-state index in [1.807, 2.05) is 13.8 Å². The molecule has 8 heteroatoms. The lowest BCUT2D eigenvalue weighted by Gasteiger charge is -2.30. The quantitative estimate of drug-likeness (QED) is 0.772. The second-order valence-electron chi connectivity index (χ2n) is 6.71. The number of sulfone groups is 1. The van der Waals surface area contributed by atoms with Crippen LogP contribution in [-0.2, 0) is 14.6 Å². The van der Waals surface area contributed by atoms with Gasteiger partial charge < -0.3 is 10.2 Å². The maximum atomic E-state index is 12.8. The zero-order valence-electron chi connectivity index (χ0n) is 14.5.